The number of rotatable bonds is 9. The lowest BCUT2D eigenvalue weighted by Crippen LogP contribution is -2.35. The summed E-state index contributed by atoms with van der Waals surface area (Å²) in [5.74, 6) is -0.897. The number of hydrogen-bond acceptors (Lipinski definition) is 9. The van der Waals surface area contributed by atoms with Crippen molar-refractivity contribution < 1.29 is 32.3 Å². The molecule has 2 aromatic heterocycles. The number of pyridine rings is 1. The van der Waals surface area contributed by atoms with E-state index in [1.165, 1.54) is 18.2 Å². The summed E-state index contributed by atoms with van der Waals surface area (Å²) in [5.41, 5.74) is 2.03. The lowest BCUT2D eigenvalue weighted by Gasteiger charge is -2.33. The molecule has 0 bridgehead atoms. The number of ether oxygens (including phenoxy) is 2. The summed E-state index contributed by atoms with van der Waals surface area (Å²) in [6.07, 6.45) is 5.42. The van der Waals surface area contributed by atoms with Crippen molar-refractivity contribution in [2.45, 2.75) is 39.2 Å². The van der Waals surface area contributed by atoms with Gasteiger partial charge in [-0.1, -0.05) is 6.07 Å². The lowest BCUT2D eigenvalue weighted by molar-refractivity contribution is 0.00636. The van der Waals surface area contributed by atoms with Crippen molar-refractivity contribution in [2.75, 3.05) is 46.2 Å². The SMILES string of the molecule is CC(C)(C)OC(=O)c1cc2ccc(NC(=O)c3ccc(NS(C)(=O)=O)cc3NC(=O)OCC3CCN(c4ccncc4)CC3)cc2[nH]1. The number of hydrogen-bond donors (Lipinski definition) is 4. The third-order valence-electron chi connectivity index (χ3n) is 7.40. The fourth-order valence-corrected chi connectivity index (χ4v) is 5.78. The normalized spacial score (nSPS) is 14.0. The van der Waals surface area contributed by atoms with Crippen LogP contribution in [0.2, 0.25) is 0 Å². The van der Waals surface area contributed by atoms with Gasteiger partial charge in [-0.15, -0.1) is 0 Å². The Morgan fingerprint density at radius 1 is 0.957 bits per heavy atom. The molecule has 1 fully saturated rings. The van der Waals surface area contributed by atoms with Gasteiger partial charge in [0.05, 0.1) is 29.8 Å². The number of anilines is 4. The van der Waals surface area contributed by atoms with E-state index in [2.05, 4.69) is 30.2 Å². The molecule has 0 aliphatic carbocycles. The standard InChI is InChI=1S/C33H38N6O7S/c1-33(2,3)46-31(41)29-17-22-5-6-23(18-27(22)36-29)35-30(40)26-8-7-24(38-47(4,43)44)19-28(26)37-32(42)45-20-21-11-15-39(16-12-21)25-9-13-34-14-10-25/h5-10,13-14,17-19,21,36,38H,11-12,15-16,20H2,1-4H3,(H,35,40)(H,37,42). The summed E-state index contributed by atoms with van der Waals surface area (Å²) in [5, 5.41) is 6.15. The quantitative estimate of drug-likeness (QED) is 0.166. The Morgan fingerprint density at radius 2 is 1.66 bits per heavy atom. The minimum atomic E-state index is -3.63. The highest BCUT2D eigenvalue weighted by atomic mass is 32.2. The number of benzene rings is 2. The van der Waals surface area contributed by atoms with Crippen LogP contribution < -0.4 is 20.3 Å². The molecule has 248 valence electrons. The minimum Gasteiger partial charge on any atom is -0.455 e. The van der Waals surface area contributed by atoms with Gasteiger partial charge < -0.3 is 24.7 Å². The maximum Gasteiger partial charge on any atom is 0.411 e. The number of sulfonamides is 1. The largest absolute Gasteiger partial charge is 0.455 e. The molecule has 47 heavy (non-hydrogen) atoms. The number of H-pyrrole nitrogens is 1. The number of piperidine rings is 1. The second-order valence-corrected chi connectivity index (χ2v) is 14.2. The number of nitrogens with one attached hydrogen (secondary N) is 4. The van der Waals surface area contributed by atoms with Crippen LogP contribution in [0.15, 0.2) is 67.0 Å². The molecule has 0 spiro atoms. The number of aromatic nitrogens is 2. The van der Waals surface area contributed by atoms with Crippen LogP contribution in [-0.2, 0) is 19.5 Å². The van der Waals surface area contributed by atoms with E-state index in [-0.39, 0.29) is 35.2 Å². The summed E-state index contributed by atoms with van der Waals surface area (Å²) < 4.78 is 37.0. The first kappa shape index (κ1) is 33.3. The zero-order chi connectivity index (χ0) is 33.8. The minimum absolute atomic E-state index is 0.0572. The Morgan fingerprint density at radius 3 is 2.34 bits per heavy atom. The topological polar surface area (TPSA) is 172 Å². The van der Waals surface area contributed by atoms with E-state index in [0.29, 0.717) is 11.2 Å². The molecule has 5 rings (SSSR count). The Kier molecular flexibility index (Phi) is 9.70. The Hall–Kier alpha value is -5.11. The molecule has 4 N–H and O–H groups in total. The summed E-state index contributed by atoms with van der Waals surface area (Å²) in [6, 6.07) is 14.9. The zero-order valence-corrected chi connectivity index (χ0v) is 27.4. The monoisotopic (exact) mass is 662 g/mol. The first-order chi connectivity index (χ1) is 22.2. The van der Waals surface area contributed by atoms with Gasteiger partial charge in [0.25, 0.3) is 5.91 Å². The van der Waals surface area contributed by atoms with Crippen LogP contribution in [-0.4, -0.2) is 67.9 Å². The molecule has 0 atom stereocenters. The van der Waals surface area contributed by atoms with Crippen molar-refractivity contribution in [1.82, 2.24) is 9.97 Å². The van der Waals surface area contributed by atoms with Crippen LogP contribution in [0, 0.1) is 5.92 Å². The van der Waals surface area contributed by atoms with Crippen LogP contribution in [0.4, 0.5) is 27.5 Å². The highest BCUT2D eigenvalue weighted by molar-refractivity contribution is 7.92. The number of aromatic amines is 1. The summed E-state index contributed by atoms with van der Waals surface area (Å²) >= 11 is 0. The molecule has 1 saturated heterocycles. The highest BCUT2D eigenvalue weighted by Gasteiger charge is 2.23. The van der Waals surface area contributed by atoms with E-state index in [9.17, 15) is 22.8 Å². The first-order valence-electron chi connectivity index (χ1n) is 15.1. The van der Waals surface area contributed by atoms with Crippen molar-refractivity contribution in [3.8, 4) is 0 Å². The van der Waals surface area contributed by atoms with Gasteiger partial charge in [0, 0.05) is 47.8 Å². The van der Waals surface area contributed by atoms with Gasteiger partial charge in [0.2, 0.25) is 10.0 Å². The molecule has 0 saturated carbocycles. The molecule has 1 aliphatic heterocycles. The van der Waals surface area contributed by atoms with Crippen LogP contribution >= 0.6 is 0 Å². The predicted molar refractivity (Wildman–Crippen MR) is 180 cm³/mol. The van der Waals surface area contributed by atoms with Gasteiger partial charge in [-0.2, -0.15) is 0 Å². The van der Waals surface area contributed by atoms with Crippen molar-refractivity contribution in [3.63, 3.8) is 0 Å². The van der Waals surface area contributed by atoms with Crippen molar-refractivity contribution in [1.29, 1.82) is 0 Å². The number of amides is 2. The Labute approximate surface area is 273 Å². The van der Waals surface area contributed by atoms with Crippen molar-refractivity contribution >= 4 is 61.6 Å². The molecule has 1 aliphatic rings. The average molecular weight is 663 g/mol. The lowest BCUT2D eigenvalue weighted by atomic mass is 9.97. The van der Waals surface area contributed by atoms with Crippen LogP contribution in [0.1, 0.15) is 54.5 Å². The highest BCUT2D eigenvalue weighted by Crippen LogP contribution is 2.27. The number of carbonyl (C=O) groups is 3. The Bertz CT molecular complexity index is 1880. The first-order valence-corrected chi connectivity index (χ1v) is 17.0. The number of esters is 1. The molecule has 3 heterocycles. The van der Waals surface area contributed by atoms with Gasteiger partial charge >= 0.3 is 12.1 Å². The molecule has 2 aromatic carbocycles. The number of carbonyl (C=O) groups excluding carboxylic acids is 3. The summed E-state index contributed by atoms with van der Waals surface area (Å²) in [6.45, 7) is 7.17. The van der Waals surface area contributed by atoms with Gasteiger partial charge in [0.1, 0.15) is 11.3 Å². The smallest absolute Gasteiger partial charge is 0.411 e. The van der Waals surface area contributed by atoms with E-state index in [0.717, 1.165) is 43.3 Å². The molecule has 4 aromatic rings. The Balaban J connectivity index is 1.26. The van der Waals surface area contributed by atoms with E-state index < -0.39 is 33.6 Å². The van der Waals surface area contributed by atoms with Crippen molar-refractivity contribution in [3.05, 3.63) is 78.2 Å². The second kappa shape index (κ2) is 13.7. The summed E-state index contributed by atoms with van der Waals surface area (Å²) in [7, 11) is -3.63. The number of nitrogens with zero attached hydrogens (tertiary/aromatic N) is 2. The predicted octanol–water partition coefficient (Wildman–Crippen LogP) is 5.61. The number of fused-ring (bicyclic) bond motifs is 1. The van der Waals surface area contributed by atoms with E-state index in [1.807, 2.05) is 12.1 Å². The van der Waals surface area contributed by atoms with E-state index in [4.69, 9.17) is 9.47 Å². The summed E-state index contributed by atoms with van der Waals surface area (Å²) in [4.78, 5) is 48.2. The third kappa shape index (κ3) is 9.22. The third-order valence-corrected chi connectivity index (χ3v) is 8.00. The van der Waals surface area contributed by atoms with E-state index in [1.54, 1.807) is 57.4 Å². The fraction of sp³-hybridized carbons (Fsp3) is 0.333. The molecule has 0 unspecified atom stereocenters. The molecule has 13 nitrogen and oxygen atoms in total. The molecule has 2 amide bonds. The molecular weight excluding hydrogens is 624 g/mol. The fourth-order valence-electron chi connectivity index (χ4n) is 5.22. The van der Waals surface area contributed by atoms with Crippen LogP contribution in [0.5, 0.6) is 0 Å². The van der Waals surface area contributed by atoms with Gasteiger partial charge in [0.15, 0.2) is 0 Å². The average Bonchev–Trinajstić information content (AvgIpc) is 3.43. The second-order valence-electron chi connectivity index (χ2n) is 12.4. The van der Waals surface area contributed by atoms with Crippen LogP contribution in [0.3, 0.4) is 0 Å². The molecular formula is C33H38N6O7S. The van der Waals surface area contributed by atoms with Crippen LogP contribution in [0.25, 0.3) is 10.9 Å². The van der Waals surface area contributed by atoms with Gasteiger partial charge in [-0.05, 0) is 88.1 Å². The zero-order valence-electron chi connectivity index (χ0n) is 26.6. The molecule has 14 heteroatoms. The van der Waals surface area contributed by atoms with E-state index >= 15 is 0 Å². The molecule has 0 radical (unpaired) electrons. The maximum absolute atomic E-state index is 13.4. The van der Waals surface area contributed by atoms with Crippen molar-refractivity contribution in [2.24, 2.45) is 5.92 Å². The van der Waals surface area contributed by atoms with Gasteiger partial charge in [-0.3, -0.25) is 19.8 Å². The van der Waals surface area contributed by atoms with Gasteiger partial charge in [-0.25, -0.2) is 18.0 Å². The maximum atomic E-state index is 13.4.